The Morgan fingerprint density at radius 1 is 1.10 bits per heavy atom. The van der Waals surface area contributed by atoms with Gasteiger partial charge in [0.05, 0.1) is 17.4 Å². The average molecular weight is 445 g/mol. The number of ether oxygens (including phenoxy) is 1. The van der Waals surface area contributed by atoms with E-state index in [0.29, 0.717) is 32.5 Å². The summed E-state index contributed by atoms with van der Waals surface area (Å²) >= 11 is 0. The molecule has 0 spiro atoms. The second kappa shape index (κ2) is 9.83. The van der Waals surface area contributed by atoms with E-state index >= 15 is 0 Å². The molecule has 1 aliphatic heterocycles. The van der Waals surface area contributed by atoms with Crippen molar-refractivity contribution in [3.05, 3.63) is 60.2 Å². The minimum atomic E-state index is -3.58. The number of para-hydroxylation sites is 1. The van der Waals surface area contributed by atoms with Crippen molar-refractivity contribution in [2.75, 3.05) is 26.2 Å². The molecule has 31 heavy (non-hydrogen) atoms. The fourth-order valence-corrected chi connectivity index (χ4v) is 5.35. The fourth-order valence-electron chi connectivity index (χ4n) is 3.81. The maximum absolute atomic E-state index is 12.9. The SMILES string of the molecule is CC(C)(C)c1ccccc1OCCNC(=O)C1CCCN(S(=O)(=O)c2ccccc2)C1. The number of sulfonamides is 1. The molecule has 7 heteroatoms. The number of benzene rings is 2. The highest BCUT2D eigenvalue weighted by molar-refractivity contribution is 7.89. The molecular weight excluding hydrogens is 412 g/mol. The molecule has 1 aliphatic rings. The van der Waals surface area contributed by atoms with Crippen molar-refractivity contribution in [3.63, 3.8) is 0 Å². The second-order valence-electron chi connectivity index (χ2n) is 8.90. The van der Waals surface area contributed by atoms with Gasteiger partial charge in [0.25, 0.3) is 0 Å². The van der Waals surface area contributed by atoms with Gasteiger partial charge in [-0.2, -0.15) is 4.31 Å². The van der Waals surface area contributed by atoms with E-state index in [2.05, 4.69) is 32.2 Å². The van der Waals surface area contributed by atoms with Gasteiger partial charge in [-0.1, -0.05) is 57.2 Å². The molecule has 0 bridgehead atoms. The Hall–Kier alpha value is -2.38. The molecule has 1 unspecified atom stereocenters. The summed E-state index contributed by atoms with van der Waals surface area (Å²) in [6.07, 6.45) is 1.35. The van der Waals surface area contributed by atoms with Gasteiger partial charge in [-0.3, -0.25) is 4.79 Å². The molecule has 1 N–H and O–H groups in total. The highest BCUT2D eigenvalue weighted by Gasteiger charge is 2.33. The number of hydrogen-bond acceptors (Lipinski definition) is 4. The van der Waals surface area contributed by atoms with Crippen LogP contribution < -0.4 is 10.1 Å². The topological polar surface area (TPSA) is 75.7 Å². The summed E-state index contributed by atoms with van der Waals surface area (Å²) in [7, 11) is -3.58. The third-order valence-electron chi connectivity index (χ3n) is 5.49. The zero-order chi connectivity index (χ0) is 22.5. The van der Waals surface area contributed by atoms with Gasteiger partial charge < -0.3 is 10.1 Å². The normalized spacial score (nSPS) is 17.8. The number of rotatable bonds is 7. The van der Waals surface area contributed by atoms with Gasteiger partial charge in [0.2, 0.25) is 15.9 Å². The van der Waals surface area contributed by atoms with Gasteiger partial charge in [0.1, 0.15) is 12.4 Å². The molecule has 1 fully saturated rings. The molecule has 1 amide bonds. The summed E-state index contributed by atoms with van der Waals surface area (Å²) in [4.78, 5) is 12.9. The molecule has 0 aromatic heterocycles. The van der Waals surface area contributed by atoms with Crippen molar-refractivity contribution in [3.8, 4) is 5.75 Å². The van der Waals surface area contributed by atoms with Crippen LogP contribution in [0.2, 0.25) is 0 Å². The van der Waals surface area contributed by atoms with Crippen LogP contribution in [0.4, 0.5) is 0 Å². The van der Waals surface area contributed by atoms with Gasteiger partial charge in [-0.15, -0.1) is 0 Å². The van der Waals surface area contributed by atoms with Crippen LogP contribution in [0.5, 0.6) is 5.75 Å². The number of nitrogens with one attached hydrogen (secondary N) is 1. The van der Waals surface area contributed by atoms with Gasteiger partial charge in [-0.25, -0.2) is 8.42 Å². The Morgan fingerprint density at radius 3 is 2.48 bits per heavy atom. The average Bonchev–Trinajstić information content (AvgIpc) is 2.77. The van der Waals surface area contributed by atoms with Crippen LogP contribution in [0.15, 0.2) is 59.5 Å². The Bertz CT molecular complexity index is 984. The Morgan fingerprint density at radius 2 is 1.77 bits per heavy atom. The van der Waals surface area contributed by atoms with Crippen LogP contribution >= 0.6 is 0 Å². The molecule has 3 rings (SSSR count). The molecule has 1 heterocycles. The van der Waals surface area contributed by atoms with Gasteiger partial charge in [0, 0.05) is 13.1 Å². The lowest BCUT2D eigenvalue weighted by Crippen LogP contribution is -2.46. The summed E-state index contributed by atoms with van der Waals surface area (Å²) in [5.74, 6) is 0.344. The van der Waals surface area contributed by atoms with Crippen LogP contribution in [-0.4, -0.2) is 44.9 Å². The molecule has 2 aromatic carbocycles. The van der Waals surface area contributed by atoms with Crippen LogP contribution in [0.1, 0.15) is 39.2 Å². The first-order chi connectivity index (χ1) is 14.7. The van der Waals surface area contributed by atoms with E-state index in [1.54, 1.807) is 30.3 Å². The molecule has 2 aromatic rings. The summed E-state index contributed by atoms with van der Waals surface area (Å²) in [6, 6.07) is 16.3. The molecule has 0 radical (unpaired) electrons. The van der Waals surface area contributed by atoms with Gasteiger partial charge in [-0.05, 0) is 42.0 Å². The van der Waals surface area contributed by atoms with E-state index in [1.807, 2.05) is 18.2 Å². The van der Waals surface area contributed by atoms with Crippen LogP contribution in [0.25, 0.3) is 0 Å². The lowest BCUT2D eigenvalue weighted by Gasteiger charge is -2.31. The smallest absolute Gasteiger partial charge is 0.243 e. The van der Waals surface area contributed by atoms with Crippen LogP contribution in [0, 0.1) is 5.92 Å². The first-order valence-corrected chi connectivity index (χ1v) is 12.2. The largest absolute Gasteiger partial charge is 0.491 e. The van der Waals surface area contributed by atoms with Crippen molar-refractivity contribution in [1.82, 2.24) is 9.62 Å². The van der Waals surface area contributed by atoms with E-state index in [4.69, 9.17) is 4.74 Å². The van der Waals surface area contributed by atoms with Gasteiger partial charge in [0.15, 0.2) is 0 Å². The molecular formula is C24H32N2O4S. The Labute approximate surface area is 185 Å². The minimum Gasteiger partial charge on any atom is -0.491 e. The lowest BCUT2D eigenvalue weighted by molar-refractivity contribution is -0.126. The number of carbonyl (C=O) groups excluding carboxylic acids is 1. The molecule has 0 saturated carbocycles. The molecule has 1 atom stereocenters. The maximum atomic E-state index is 12.9. The van der Waals surface area contributed by atoms with E-state index in [0.717, 1.165) is 11.3 Å². The van der Waals surface area contributed by atoms with Crippen molar-refractivity contribution >= 4 is 15.9 Å². The number of amides is 1. The highest BCUT2D eigenvalue weighted by atomic mass is 32.2. The van der Waals surface area contributed by atoms with Crippen molar-refractivity contribution in [2.45, 2.75) is 43.9 Å². The predicted octanol–water partition coefficient (Wildman–Crippen LogP) is 3.58. The Kier molecular flexibility index (Phi) is 7.38. The number of hydrogen-bond donors (Lipinski definition) is 1. The number of piperidine rings is 1. The molecule has 6 nitrogen and oxygen atoms in total. The standard InChI is InChI=1S/C24H32N2O4S/c1-24(2,3)21-13-7-8-14-22(21)30-17-15-25-23(27)19-10-9-16-26(18-19)31(28,29)20-11-5-4-6-12-20/h4-8,11-14,19H,9-10,15-18H2,1-3H3,(H,25,27). The van der Waals surface area contributed by atoms with Crippen molar-refractivity contribution in [1.29, 1.82) is 0 Å². The van der Waals surface area contributed by atoms with E-state index in [1.165, 1.54) is 4.31 Å². The van der Waals surface area contributed by atoms with Crippen LogP contribution in [-0.2, 0) is 20.2 Å². The number of carbonyl (C=O) groups is 1. The summed E-state index contributed by atoms with van der Waals surface area (Å²) in [5, 5.41) is 2.91. The fraction of sp³-hybridized carbons (Fsp3) is 0.458. The van der Waals surface area contributed by atoms with Crippen molar-refractivity contribution < 1.29 is 17.9 Å². The van der Waals surface area contributed by atoms with Gasteiger partial charge >= 0.3 is 0 Å². The lowest BCUT2D eigenvalue weighted by atomic mass is 9.86. The predicted molar refractivity (Wildman–Crippen MR) is 122 cm³/mol. The molecule has 168 valence electrons. The highest BCUT2D eigenvalue weighted by Crippen LogP contribution is 2.30. The third-order valence-corrected chi connectivity index (χ3v) is 7.37. The Balaban J connectivity index is 1.52. The first kappa shape index (κ1) is 23.3. The summed E-state index contributed by atoms with van der Waals surface area (Å²) in [5.41, 5.74) is 1.09. The third kappa shape index (κ3) is 5.86. The van der Waals surface area contributed by atoms with E-state index in [9.17, 15) is 13.2 Å². The van der Waals surface area contributed by atoms with Crippen molar-refractivity contribution in [2.24, 2.45) is 5.92 Å². The molecule has 0 aliphatic carbocycles. The van der Waals surface area contributed by atoms with Crippen LogP contribution in [0.3, 0.4) is 0 Å². The number of nitrogens with zero attached hydrogens (tertiary/aromatic N) is 1. The zero-order valence-electron chi connectivity index (χ0n) is 18.5. The quantitative estimate of drug-likeness (QED) is 0.663. The second-order valence-corrected chi connectivity index (χ2v) is 10.8. The monoisotopic (exact) mass is 444 g/mol. The van der Waals surface area contributed by atoms with E-state index in [-0.39, 0.29) is 28.7 Å². The van der Waals surface area contributed by atoms with E-state index < -0.39 is 10.0 Å². The zero-order valence-corrected chi connectivity index (χ0v) is 19.3. The maximum Gasteiger partial charge on any atom is 0.243 e. The molecule has 1 saturated heterocycles. The summed E-state index contributed by atoms with van der Waals surface area (Å²) in [6.45, 7) is 7.78. The minimum absolute atomic E-state index is 0.0321. The summed E-state index contributed by atoms with van der Waals surface area (Å²) < 4.78 is 33.1. The first-order valence-electron chi connectivity index (χ1n) is 10.7.